The predicted molar refractivity (Wildman–Crippen MR) is 108 cm³/mol. The minimum atomic E-state index is -0.717. The van der Waals surface area contributed by atoms with Crippen LogP contribution in [0.25, 0.3) is 0 Å². The summed E-state index contributed by atoms with van der Waals surface area (Å²) in [7, 11) is 3.10. The van der Waals surface area contributed by atoms with E-state index >= 15 is 0 Å². The number of likely N-dealkylation sites (N-methyl/N-ethyl adjacent to an activating group) is 1. The Balaban J connectivity index is 2.00. The maximum Gasteiger partial charge on any atom is 0.338 e. The molecule has 0 bridgehead atoms. The van der Waals surface area contributed by atoms with Crippen LogP contribution in [-0.4, -0.2) is 44.3 Å². The number of benzene rings is 2. The SMILES string of the molecule is CCOC(=O)C1=C(COc2ccc(F)cc2)N(C)C(=O)N[C@H]1c1ccc(OC)cc1. The molecule has 2 aromatic carbocycles. The first-order valence-corrected chi connectivity index (χ1v) is 9.41. The van der Waals surface area contributed by atoms with Gasteiger partial charge in [0.2, 0.25) is 0 Å². The summed E-state index contributed by atoms with van der Waals surface area (Å²) in [6, 6.07) is 11.4. The van der Waals surface area contributed by atoms with Crippen LogP contribution in [-0.2, 0) is 9.53 Å². The number of hydrogen-bond donors (Lipinski definition) is 1. The number of ether oxygens (including phenoxy) is 3. The van der Waals surface area contributed by atoms with E-state index in [1.807, 2.05) is 0 Å². The molecule has 1 aliphatic heterocycles. The zero-order valence-corrected chi connectivity index (χ0v) is 17.0. The van der Waals surface area contributed by atoms with E-state index < -0.39 is 12.0 Å². The normalized spacial score (nSPS) is 16.2. The summed E-state index contributed by atoms with van der Waals surface area (Å²) in [5, 5.41) is 2.83. The molecule has 3 rings (SSSR count). The van der Waals surface area contributed by atoms with Crippen molar-refractivity contribution in [2.75, 3.05) is 27.4 Å². The Hall–Kier alpha value is -3.55. The van der Waals surface area contributed by atoms with Gasteiger partial charge in [-0.3, -0.25) is 4.90 Å². The van der Waals surface area contributed by atoms with Crippen LogP contribution in [0.1, 0.15) is 18.5 Å². The van der Waals surface area contributed by atoms with E-state index in [2.05, 4.69) is 5.32 Å². The number of hydrogen-bond acceptors (Lipinski definition) is 5. The second-order valence-corrected chi connectivity index (χ2v) is 6.54. The van der Waals surface area contributed by atoms with Crippen molar-refractivity contribution in [1.29, 1.82) is 0 Å². The van der Waals surface area contributed by atoms with Crippen molar-refractivity contribution in [2.45, 2.75) is 13.0 Å². The number of halogens is 1. The van der Waals surface area contributed by atoms with Crippen LogP contribution < -0.4 is 14.8 Å². The molecule has 1 N–H and O–H groups in total. The molecule has 158 valence electrons. The van der Waals surface area contributed by atoms with Crippen molar-refractivity contribution in [3.05, 3.63) is 71.2 Å². The second kappa shape index (κ2) is 9.30. The molecule has 1 heterocycles. The summed E-state index contributed by atoms with van der Waals surface area (Å²) >= 11 is 0. The third-order valence-electron chi connectivity index (χ3n) is 4.71. The zero-order valence-electron chi connectivity index (χ0n) is 17.0. The summed E-state index contributed by atoms with van der Waals surface area (Å²) in [6.07, 6.45) is 0. The summed E-state index contributed by atoms with van der Waals surface area (Å²) < 4.78 is 29.3. The maximum absolute atomic E-state index is 13.1. The molecule has 7 nitrogen and oxygen atoms in total. The Morgan fingerprint density at radius 2 is 1.73 bits per heavy atom. The molecule has 0 saturated heterocycles. The standard InChI is InChI=1S/C22H23FN2O5/c1-4-29-21(26)19-18(13-30-17-11-7-15(23)8-12-17)25(2)22(27)24-20(19)14-5-9-16(28-3)10-6-14/h5-12,20H,4,13H2,1-3H3,(H,24,27)/t20-/m0/s1. The summed E-state index contributed by atoms with van der Waals surface area (Å²) in [6.45, 7) is 1.82. The van der Waals surface area contributed by atoms with E-state index in [9.17, 15) is 14.0 Å². The average Bonchev–Trinajstić information content (AvgIpc) is 2.75. The lowest BCUT2D eigenvalue weighted by Crippen LogP contribution is -2.48. The fraction of sp³-hybridized carbons (Fsp3) is 0.273. The minimum Gasteiger partial charge on any atom is -0.497 e. The first kappa shape index (κ1) is 21.2. The van der Waals surface area contributed by atoms with Gasteiger partial charge >= 0.3 is 12.0 Å². The number of amides is 2. The number of methoxy groups -OCH3 is 1. The van der Waals surface area contributed by atoms with Crippen molar-refractivity contribution in [3.8, 4) is 11.5 Å². The van der Waals surface area contributed by atoms with Gasteiger partial charge in [0.15, 0.2) is 0 Å². The topological polar surface area (TPSA) is 77.1 Å². The van der Waals surface area contributed by atoms with Gasteiger partial charge in [-0.05, 0) is 48.9 Å². The fourth-order valence-corrected chi connectivity index (χ4v) is 3.11. The molecule has 0 fully saturated rings. The Bertz CT molecular complexity index is 941. The van der Waals surface area contributed by atoms with Crippen molar-refractivity contribution in [1.82, 2.24) is 10.2 Å². The van der Waals surface area contributed by atoms with Gasteiger partial charge in [-0.25, -0.2) is 14.0 Å². The molecule has 0 aromatic heterocycles. The van der Waals surface area contributed by atoms with E-state index in [0.29, 0.717) is 22.8 Å². The maximum atomic E-state index is 13.1. The first-order valence-electron chi connectivity index (χ1n) is 9.41. The van der Waals surface area contributed by atoms with Gasteiger partial charge in [0.05, 0.1) is 31.0 Å². The van der Waals surface area contributed by atoms with Gasteiger partial charge in [-0.15, -0.1) is 0 Å². The van der Waals surface area contributed by atoms with Crippen LogP contribution >= 0.6 is 0 Å². The van der Waals surface area contributed by atoms with Gasteiger partial charge in [-0.1, -0.05) is 12.1 Å². The lowest BCUT2D eigenvalue weighted by atomic mass is 9.94. The van der Waals surface area contributed by atoms with E-state index in [1.54, 1.807) is 45.3 Å². The number of carbonyl (C=O) groups is 2. The first-order chi connectivity index (χ1) is 14.4. The molecule has 0 aliphatic carbocycles. The third kappa shape index (κ3) is 4.53. The minimum absolute atomic E-state index is 0.0731. The van der Waals surface area contributed by atoms with Crippen LogP contribution in [0.4, 0.5) is 9.18 Å². The van der Waals surface area contributed by atoms with E-state index in [1.165, 1.54) is 29.2 Å². The molecular weight excluding hydrogens is 391 g/mol. The van der Waals surface area contributed by atoms with Crippen molar-refractivity contribution in [3.63, 3.8) is 0 Å². The van der Waals surface area contributed by atoms with Crippen LogP contribution in [0.5, 0.6) is 11.5 Å². The van der Waals surface area contributed by atoms with Crippen LogP contribution in [0, 0.1) is 5.82 Å². The molecule has 30 heavy (non-hydrogen) atoms. The number of rotatable bonds is 7. The molecule has 0 unspecified atom stereocenters. The van der Waals surface area contributed by atoms with Gasteiger partial charge in [0.25, 0.3) is 0 Å². The van der Waals surface area contributed by atoms with Crippen molar-refractivity contribution in [2.24, 2.45) is 0 Å². The predicted octanol–water partition coefficient (Wildman–Crippen LogP) is 3.43. The molecule has 0 spiro atoms. The van der Waals surface area contributed by atoms with Gasteiger partial charge in [0.1, 0.15) is 23.9 Å². The average molecular weight is 414 g/mol. The monoisotopic (exact) mass is 414 g/mol. The second-order valence-electron chi connectivity index (χ2n) is 6.54. The molecule has 0 radical (unpaired) electrons. The highest BCUT2D eigenvalue weighted by Gasteiger charge is 2.37. The molecule has 0 saturated carbocycles. The fourth-order valence-electron chi connectivity index (χ4n) is 3.11. The van der Waals surface area contributed by atoms with Crippen LogP contribution in [0.2, 0.25) is 0 Å². The summed E-state index contributed by atoms with van der Waals surface area (Å²) in [4.78, 5) is 26.7. The highest BCUT2D eigenvalue weighted by molar-refractivity contribution is 5.95. The lowest BCUT2D eigenvalue weighted by molar-refractivity contribution is -0.139. The number of esters is 1. The quantitative estimate of drug-likeness (QED) is 0.703. The smallest absolute Gasteiger partial charge is 0.338 e. The number of nitrogens with one attached hydrogen (secondary N) is 1. The highest BCUT2D eigenvalue weighted by Crippen LogP contribution is 2.32. The van der Waals surface area contributed by atoms with E-state index in [-0.39, 0.29) is 30.6 Å². The third-order valence-corrected chi connectivity index (χ3v) is 4.71. The molecule has 8 heteroatoms. The Labute approximate surface area is 174 Å². The van der Waals surface area contributed by atoms with Crippen molar-refractivity contribution >= 4 is 12.0 Å². The number of urea groups is 1. The van der Waals surface area contributed by atoms with Gasteiger partial charge in [0, 0.05) is 7.05 Å². The summed E-state index contributed by atoms with van der Waals surface area (Å²) in [5.41, 5.74) is 1.33. The van der Waals surface area contributed by atoms with Crippen LogP contribution in [0.3, 0.4) is 0 Å². The van der Waals surface area contributed by atoms with E-state index in [4.69, 9.17) is 14.2 Å². The molecular formula is C22H23FN2O5. The van der Waals surface area contributed by atoms with E-state index in [0.717, 1.165) is 0 Å². The Morgan fingerprint density at radius 3 is 2.33 bits per heavy atom. The van der Waals surface area contributed by atoms with Crippen LogP contribution in [0.15, 0.2) is 59.8 Å². The molecule has 1 aliphatic rings. The molecule has 2 amide bonds. The van der Waals surface area contributed by atoms with Gasteiger partial charge < -0.3 is 19.5 Å². The Morgan fingerprint density at radius 1 is 1.10 bits per heavy atom. The van der Waals surface area contributed by atoms with Crippen molar-refractivity contribution < 1.29 is 28.2 Å². The zero-order chi connectivity index (χ0) is 21.7. The number of carbonyl (C=O) groups excluding carboxylic acids is 2. The number of nitrogens with zero attached hydrogens (tertiary/aromatic N) is 1. The van der Waals surface area contributed by atoms with Gasteiger partial charge in [-0.2, -0.15) is 0 Å². The largest absolute Gasteiger partial charge is 0.497 e. The highest BCUT2D eigenvalue weighted by atomic mass is 19.1. The molecule has 1 atom stereocenters. The lowest BCUT2D eigenvalue weighted by Gasteiger charge is -2.34. The Kier molecular flexibility index (Phi) is 6.56. The molecule has 2 aromatic rings. The summed E-state index contributed by atoms with van der Waals surface area (Å²) in [5.74, 6) is 0.123.